The van der Waals surface area contributed by atoms with Gasteiger partial charge in [0.2, 0.25) is 0 Å². The van der Waals surface area contributed by atoms with Gasteiger partial charge in [-0.2, -0.15) is 5.26 Å². The molecule has 1 unspecified atom stereocenters. The zero-order valence-corrected chi connectivity index (χ0v) is 18.1. The Morgan fingerprint density at radius 3 is 2.56 bits per heavy atom. The first kappa shape index (κ1) is 21.8. The molecule has 0 bridgehead atoms. The Hall–Kier alpha value is -3.41. The average molecular weight is 436 g/mol. The second kappa shape index (κ2) is 8.99. The molecule has 8 heteroatoms. The molecule has 0 spiro atoms. The highest BCUT2D eigenvalue weighted by atomic mass is 19.1. The summed E-state index contributed by atoms with van der Waals surface area (Å²) in [5, 5.41) is 12.6. The number of methoxy groups -OCH3 is 1. The van der Waals surface area contributed by atoms with Crippen LogP contribution >= 0.6 is 0 Å². The topological polar surface area (TPSA) is 94.6 Å². The molecule has 2 aliphatic rings. The number of hydrogen-bond acceptors (Lipinski definition) is 6. The van der Waals surface area contributed by atoms with E-state index >= 15 is 0 Å². The SMILES string of the molecule is COc1ccc(C2=C(c3ccc(C#N)c(F)c3)NC(N3CCC[C@@H](N)C3)N(C)C2=O)cc1. The summed E-state index contributed by atoms with van der Waals surface area (Å²) in [6, 6.07) is 13.4. The standard InChI is InChI=1S/C24H26FN5O2/c1-29-23(31)21(15-7-9-19(32-2)10-8-15)22(16-5-6-17(13-26)20(25)12-16)28-24(29)30-11-3-4-18(27)14-30/h5-10,12,18,24,28H,3-4,11,14,27H2,1-2H3/t18-,24?/m1/s1. The lowest BCUT2D eigenvalue weighted by Crippen LogP contribution is -2.62. The van der Waals surface area contributed by atoms with Crippen LogP contribution in [0.3, 0.4) is 0 Å². The van der Waals surface area contributed by atoms with Crippen LogP contribution in [0.2, 0.25) is 0 Å². The minimum absolute atomic E-state index is 0.0387. The number of nitrogens with one attached hydrogen (secondary N) is 1. The van der Waals surface area contributed by atoms with Crippen LogP contribution in [0.1, 0.15) is 29.5 Å². The van der Waals surface area contributed by atoms with E-state index in [0.717, 1.165) is 19.4 Å². The van der Waals surface area contributed by atoms with Crippen LogP contribution in [0.15, 0.2) is 42.5 Å². The third-order valence-electron chi connectivity index (χ3n) is 6.02. The van der Waals surface area contributed by atoms with Gasteiger partial charge in [0.15, 0.2) is 6.29 Å². The lowest BCUT2D eigenvalue weighted by atomic mass is 9.95. The quantitative estimate of drug-likeness (QED) is 0.766. The smallest absolute Gasteiger partial charge is 0.258 e. The molecule has 0 aromatic heterocycles. The Kier molecular flexibility index (Phi) is 6.12. The molecule has 0 aliphatic carbocycles. The van der Waals surface area contributed by atoms with E-state index in [1.54, 1.807) is 49.4 Å². The summed E-state index contributed by atoms with van der Waals surface area (Å²) in [4.78, 5) is 17.4. The minimum Gasteiger partial charge on any atom is -0.497 e. The van der Waals surface area contributed by atoms with Crippen molar-refractivity contribution < 1.29 is 13.9 Å². The number of benzene rings is 2. The van der Waals surface area contributed by atoms with E-state index in [0.29, 0.717) is 34.7 Å². The lowest BCUT2D eigenvalue weighted by molar-refractivity contribution is -0.131. The van der Waals surface area contributed by atoms with Crippen molar-refractivity contribution in [1.82, 2.24) is 15.1 Å². The van der Waals surface area contributed by atoms with Gasteiger partial charge in [-0.1, -0.05) is 18.2 Å². The number of likely N-dealkylation sites (N-methyl/N-ethyl adjacent to an activating group) is 1. The molecule has 1 fully saturated rings. The molecule has 7 nitrogen and oxygen atoms in total. The molecule has 2 heterocycles. The summed E-state index contributed by atoms with van der Waals surface area (Å²) in [5.74, 6) is -0.140. The van der Waals surface area contributed by atoms with E-state index in [-0.39, 0.29) is 17.5 Å². The molecule has 0 radical (unpaired) electrons. The molecule has 1 saturated heterocycles. The number of carbonyl (C=O) groups is 1. The Balaban J connectivity index is 1.83. The number of nitrogens with two attached hydrogens (primary N) is 1. The van der Waals surface area contributed by atoms with E-state index in [9.17, 15) is 9.18 Å². The van der Waals surface area contributed by atoms with Crippen LogP contribution in [0, 0.1) is 17.1 Å². The summed E-state index contributed by atoms with van der Waals surface area (Å²) < 4.78 is 19.7. The predicted molar refractivity (Wildman–Crippen MR) is 119 cm³/mol. The van der Waals surface area contributed by atoms with Gasteiger partial charge in [0.05, 0.1) is 23.9 Å². The highest BCUT2D eigenvalue weighted by Crippen LogP contribution is 2.33. The van der Waals surface area contributed by atoms with Gasteiger partial charge in [0.1, 0.15) is 17.6 Å². The largest absolute Gasteiger partial charge is 0.497 e. The molecule has 166 valence electrons. The van der Waals surface area contributed by atoms with E-state index in [1.165, 1.54) is 12.1 Å². The Morgan fingerprint density at radius 1 is 1.22 bits per heavy atom. The van der Waals surface area contributed by atoms with Crippen LogP contribution < -0.4 is 15.8 Å². The number of nitriles is 1. The van der Waals surface area contributed by atoms with Crippen molar-refractivity contribution in [1.29, 1.82) is 5.26 Å². The second-order valence-electron chi connectivity index (χ2n) is 8.12. The molecule has 2 aromatic carbocycles. The van der Waals surface area contributed by atoms with Crippen LogP contribution in [0.25, 0.3) is 11.3 Å². The zero-order valence-electron chi connectivity index (χ0n) is 18.1. The molecule has 2 atom stereocenters. The Morgan fingerprint density at radius 2 is 1.94 bits per heavy atom. The third-order valence-corrected chi connectivity index (χ3v) is 6.02. The first-order chi connectivity index (χ1) is 15.4. The fraction of sp³-hybridized carbons (Fsp3) is 0.333. The summed E-state index contributed by atoms with van der Waals surface area (Å²) in [5.41, 5.74) is 8.27. The van der Waals surface area contributed by atoms with Gasteiger partial charge in [-0.15, -0.1) is 0 Å². The first-order valence-electron chi connectivity index (χ1n) is 10.5. The fourth-order valence-electron chi connectivity index (χ4n) is 4.31. The number of amides is 1. The number of hydrogen-bond donors (Lipinski definition) is 2. The summed E-state index contributed by atoms with van der Waals surface area (Å²) in [7, 11) is 3.33. The first-order valence-corrected chi connectivity index (χ1v) is 10.5. The number of likely N-dealkylation sites (tertiary alicyclic amines) is 1. The maximum atomic E-state index is 14.5. The fourth-order valence-corrected chi connectivity index (χ4v) is 4.31. The normalized spacial score (nSPS) is 21.8. The molecule has 4 rings (SSSR count). The molecule has 2 aromatic rings. The second-order valence-corrected chi connectivity index (χ2v) is 8.12. The highest BCUT2D eigenvalue weighted by molar-refractivity contribution is 6.27. The molecule has 0 saturated carbocycles. The van der Waals surface area contributed by atoms with E-state index < -0.39 is 12.1 Å². The van der Waals surface area contributed by atoms with Gasteiger partial charge in [0, 0.05) is 31.7 Å². The molecule has 3 N–H and O–H groups in total. The summed E-state index contributed by atoms with van der Waals surface area (Å²) in [6.07, 6.45) is 1.48. The van der Waals surface area contributed by atoms with Gasteiger partial charge in [-0.05, 0) is 42.7 Å². The number of ether oxygens (including phenoxy) is 1. The minimum atomic E-state index is -0.628. The van der Waals surface area contributed by atoms with Gasteiger partial charge in [-0.25, -0.2) is 4.39 Å². The van der Waals surface area contributed by atoms with Crippen molar-refractivity contribution in [2.24, 2.45) is 5.73 Å². The third kappa shape index (κ3) is 4.05. The number of halogens is 1. The van der Waals surface area contributed by atoms with Crippen LogP contribution in [0.5, 0.6) is 5.75 Å². The maximum absolute atomic E-state index is 14.5. The van der Waals surface area contributed by atoms with Crippen molar-refractivity contribution >= 4 is 17.2 Å². The lowest BCUT2D eigenvalue weighted by Gasteiger charge is -2.45. The summed E-state index contributed by atoms with van der Waals surface area (Å²) in [6.45, 7) is 1.46. The van der Waals surface area contributed by atoms with E-state index in [2.05, 4.69) is 10.2 Å². The molecule has 2 aliphatic heterocycles. The van der Waals surface area contributed by atoms with Gasteiger partial charge < -0.3 is 20.7 Å². The predicted octanol–water partition coefficient (Wildman–Crippen LogP) is 2.34. The van der Waals surface area contributed by atoms with Crippen LogP contribution in [-0.2, 0) is 4.79 Å². The molecule has 32 heavy (non-hydrogen) atoms. The number of nitrogens with zero attached hydrogens (tertiary/aromatic N) is 3. The number of piperidine rings is 1. The Bertz CT molecular complexity index is 1090. The molecular formula is C24H26FN5O2. The van der Waals surface area contributed by atoms with Crippen molar-refractivity contribution in [3.63, 3.8) is 0 Å². The van der Waals surface area contributed by atoms with Crippen molar-refractivity contribution in [2.45, 2.75) is 25.2 Å². The van der Waals surface area contributed by atoms with Crippen LogP contribution in [-0.4, -0.2) is 55.3 Å². The average Bonchev–Trinajstić information content (AvgIpc) is 2.80. The Labute approximate surface area is 186 Å². The molecular weight excluding hydrogens is 409 g/mol. The number of carbonyl (C=O) groups excluding carboxylic acids is 1. The monoisotopic (exact) mass is 435 g/mol. The van der Waals surface area contributed by atoms with Gasteiger partial charge in [0.25, 0.3) is 5.91 Å². The molecule has 1 amide bonds. The van der Waals surface area contributed by atoms with E-state index in [1.807, 2.05) is 6.07 Å². The van der Waals surface area contributed by atoms with Gasteiger partial charge in [-0.3, -0.25) is 9.69 Å². The zero-order chi connectivity index (χ0) is 22.8. The van der Waals surface area contributed by atoms with Gasteiger partial charge >= 0.3 is 0 Å². The van der Waals surface area contributed by atoms with Crippen molar-refractivity contribution in [3.05, 3.63) is 65.0 Å². The summed E-state index contributed by atoms with van der Waals surface area (Å²) >= 11 is 0. The maximum Gasteiger partial charge on any atom is 0.258 e. The van der Waals surface area contributed by atoms with Crippen molar-refractivity contribution in [2.75, 3.05) is 27.2 Å². The van der Waals surface area contributed by atoms with E-state index in [4.69, 9.17) is 15.7 Å². The number of rotatable bonds is 4. The van der Waals surface area contributed by atoms with Crippen LogP contribution in [0.4, 0.5) is 4.39 Å². The van der Waals surface area contributed by atoms with Crippen molar-refractivity contribution in [3.8, 4) is 11.8 Å². The highest BCUT2D eigenvalue weighted by Gasteiger charge is 2.37.